The summed E-state index contributed by atoms with van der Waals surface area (Å²) in [4.78, 5) is 0. The molecule has 0 unspecified atom stereocenters. The Bertz CT molecular complexity index is 631. The maximum Gasteiger partial charge on any atom is 0.126 e. The van der Waals surface area contributed by atoms with Crippen LogP contribution in [0.25, 0.3) is 0 Å². The molecule has 0 saturated heterocycles. The van der Waals surface area contributed by atoms with E-state index >= 15 is 0 Å². The maximum atomic E-state index is 13.2. The van der Waals surface area contributed by atoms with E-state index in [2.05, 4.69) is 45.5 Å². The maximum absolute atomic E-state index is 13.2. The topological polar surface area (TPSA) is 12.0 Å². The fourth-order valence-electron chi connectivity index (χ4n) is 2.63. The number of benzene rings is 2. The fourth-order valence-corrected chi connectivity index (χ4v) is 3.46. The molecule has 5 heteroatoms. The van der Waals surface area contributed by atoms with Gasteiger partial charge in [-0.05, 0) is 48.6 Å². The van der Waals surface area contributed by atoms with Crippen molar-refractivity contribution in [2.24, 2.45) is 0 Å². The Kier molecular flexibility index (Phi) is 4.43. The van der Waals surface area contributed by atoms with Crippen molar-refractivity contribution in [2.75, 3.05) is 5.32 Å². The lowest BCUT2D eigenvalue weighted by molar-refractivity contribution is 0.374. The SMILES string of the molecule is Fc1cc(Cl)c(NC2CC(c3ccc(Br)cc3)C2)c(Cl)c1. The summed E-state index contributed by atoms with van der Waals surface area (Å²) in [5, 5.41) is 3.97. The molecule has 2 aromatic rings. The van der Waals surface area contributed by atoms with Gasteiger partial charge in [0.05, 0.1) is 15.7 Å². The molecule has 0 radical (unpaired) electrons. The van der Waals surface area contributed by atoms with Crippen molar-refractivity contribution >= 4 is 44.8 Å². The van der Waals surface area contributed by atoms with Gasteiger partial charge >= 0.3 is 0 Å². The molecule has 1 fully saturated rings. The van der Waals surface area contributed by atoms with E-state index in [9.17, 15) is 4.39 Å². The van der Waals surface area contributed by atoms with E-state index in [1.54, 1.807) is 0 Å². The van der Waals surface area contributed by atoms with E-state index in [0.717, 1.165) is 17.3 Å². The molecule has 0 aromatic heterocycles. The fraction of sp³-hybridized carbons (Fsp3) is 0.250. The van der Waals surface area contributed by atoms with Crippen molar-refractivity contribution in [3.05, 3.63) is 62.3 Å². The Hall–Kier alpha value is -0.770. The lowest BCUT2D eigenvalue weighted by atomic mass is 9.76. The molecule has 1 saturated carbocycles. The molecule has 1 N–H and O–H groups in total. The first-order chi connectivity index (χ1) is 10.0. The van der Waals surface area contributed by atoms with Crippen LogP contribution in [0.1, 0.15) is 24.3 Å². The Labute approximate surface area is 141 Å². The molecule has 0 spiro atoms. The second-order valence-electron chi connectivity index (χ2n) is 5.31. The number of hydrogen-bond donors (Lipinski definition) is 1. The minimum atomic E-state index is -0.420. The molecule has 21 heavy (non-hydrogen) atoms. The van der Waals surface area contributed by atoms with Crippen LogP contribution in [0.5, 0.6) is 0 Å². The van der Waals surface area contributed by atoms with Crippen molar-refractivity contribution in [1.29, 1.82) is 0 Å². The van der Waals surface area contributed by atoms with Crippen LogP contribution >= 0.6 is 39.1 Å². The van der Waals surface area contributed by atoms with Crippen LogP contribution in [-0.2, 0) is 0 Å². The molecule has 0 bridgehead atoms. The normalized spacial score (nSPS) is 21.0. The molecule has 0 heterocycles. The van der Waals surface area contributed by atoms with Gasteiger partial charge in [0.1, 0.15) is 5.82 Å². The zero-order chi connectivity index (χ0) is 15.0. The molecule has 1 aliphatic rings. The van der Waals surface area contributed by atoms with Crippen LogP contribution in [0, 0.1) is 5.82 Å². The van der Waals surface area contributed by atoms with E-state index in [-0.39, 0.29) is 0 Å². The first kappa shape index (κ1) is 15.1. The standard InChI is InChI=1S/C16H13BrCl2FN/c17-11-3-1-9(2-4-11)10-5-13(6-10)21-16-14(18)7-12(20)8-15(16)19/h1-4,7-8,10,13,21H,5-6H2. The van der Waals surface area contributed by atoms with Gasteiger partial charge < -0.3 is 5.32 Å². The zero-order valence-electron chi connectivity index (χ0n) is 11.0. The Balaban J connectivity index is 1.64. The molecule has 0 aliphatic heterocycles. The van der Waals surface area contributed by atoms with Crippen molar-refractivity contribution in [3.63, 3.8) is 0 Å². The minimum absolute atomic E-state index is 0.319. The summed E-state index contributed by atoms with van der Waals surface area (Å²) in [5.41, 5.74) is 1.96. The second-order valence-corrected chi connectivity index (χ2v) is 7.04. The third kappa shape index (κ3) is 3.36. The quantitative estimate of drug-likeness (QED) is 0.654. The average Bonchev–Trinajstić information content (AvgIpc) is 2.37. The lowest BCUT2D eigenvalue weighted by Gasteiger charge is -2.37. The average molecular weight is 389 g/mol. The van der Waals surface area contributed by atoms with E-state index in [0.29, 0.717) is 27.7 Å². The second kappa shape index (κ2) is 6.15. The summed E-state index contributed by atoms with van der Waals surface area (Å²) in [6.45, 7) is 0. The molecule has 3 rings (SSSR count). The molecular weight excluding hydrogens is 376 g/mol. The number of halogens is 4. The molecule has 0 amide bonds. The summed E-state index contributed by atoms with van der Waals surface area (Å²) in [6, 6.07) is 11.3. The van der Waals surface area contributed by atoms with E-state index < -0.39 is 5.82 Å². The van der Waals surface area contributed by atoms with Gasteiger partial charge in [-0.3, -0.25) is 0 Å². The van der Waals surface area contributed by atoms with Gasteiger partial charge in [0.15, 0.2) is 0 Å². The summed E-state index contributed by atoms with van der Waals surface area (Å²) in [7, 11) is 0. The van der Waals surface area contributed by atoms with Crippen LogP contribution in [0.3, 0.4) is 0 Å². The van der Waals surface area contributed by atoms with Gasteiger partial charge in [0.2, 0.25) is 0 Å². The van der Waals surface area contributed by atoms with Crippen LogP contribution in [0.15, 0.2) is 40.9 Å². The minimum Gasteiger partial charge on any atom is -0.380 e. The summed E-state index contributed by atoms with van der Waals surface area (Å²) >= 11 is 15.5. The first-order valence-electron chi connectivity index (χ1n) is 6.69. The molecule has 1 aliphatic carbocycles. The van der Waals surface area contributed by atoms with Gasteiger partial charge in [0.25, 0.3) is 0 Å². The van der Waals surface area contributed by atoms with Gasteiger partial charge in [-0.1, -0.05) is 51.3 Å². The molecule has 110 valence electrons. The van der Waals surface area contributed by atoms with E-state index in [1.807, 2.05) is 0 Å². The number of rotatable bonds is 3. The van der Waals surface area contributed by atoms with E-state index in [4.69, 9.17) is 23.2 Å². The van der Waals surface area contributed by atoms with Gasteiger partial charge in [0, 0.05) is 10.5 Å². The first-order valence-corrected chi connectivity index (χ1v) is 8.24. The highest BCUT2D eigenvalue weighted by molar-refractivity contribution is 9.10. The number of nitrogens with one attached hydrogen (secondary N) is 1. The Morgan fingerprint density at radius 2 is 1.62 bits per heavy atom. The van der Waals surface area contributed by atoms with Crippen molar-refractivity contribution in [2.45, 2.75) is 24.8 Å². The van der Waals surface area contributed by atoms with Crippen LogP contribution in [0.4, 0.5) is 10.1 Å². The third-order valence-electron chi connectivity index (χ3n) is 3.83. The van der Waals surface area contributed by atoms with Crippen molar-refractivity contribution in [1.82, 2.24) is 0 Å². The smallest absolute Gasteiger partial charge is 0.126 e. The highest BCUT2D eigenvalue weighted by Crippen LogP contribution is 2.41. The molecule has 0 atom stereocenters. The van der Waals surface area contributed by atoms with E-state index in [1.165, 1.54) is 17.7 Å². The van der Waals surface area contributed by atoms with Gasteiger partial charge in [-0.15, -0.1) is 0 Å². The van der Waals surface area contributed by atoms with Crippen LogP contribution in [-0.4, -0.2) is 6.04 Å². The predicted molar refractivity (Wildman–Crippen MR) is 89.9 cm³/mol. The van der Waals surface area contributed by atoms with Crippen LogP contribution < -0.4 is 5.32 Å². The highest BCUT2D eigenvalue weighted by Gasteiger charge is 2.31. The molecule has 1 nitrogen and oxygen atoms in total. The number of anilines is 1. The van der Waals surface area contributed by atoms with Gasteiger partial charge in [-0.25, -0.2) is 4.39 Å². The number of hydrogen-bond acceptors (Lipinski definition) is 1. The third-order valence-corrected chi connectivity index (χ3v) is 4.96. The van der Waals surface area contributed by atoms with Crippen LogP contribution in [0.2, 0.25) is 10.0 Å². The summed E-state index contributed by atoms with van der Waals surface area (Å²) in [5.74, 6) is 0.130. The van der Waals surface area contributed by atoms with Gasteiger partial charge in [-0.2, -0.15) is 0 Å². The predicted octanol–water partition coefficient (Wildman–Crippen LogP) is 6.25. The Morgan fingerprint density at radius 1 is 1.05 bits per heavy atom. The highest BCUT2D eigenvalue weighted by atomic mass is 79.9. The Morgan fingerprint density at radius 3 is 2.19 bits per heavy atom. The zero-order valence-corrected chi connectivity index (χ0v) is 14.1. The monoisotopic (exact) mass is 387 g/mol. The largest absolute Gasteiger partial charge is 0.380 e. The summed E-state index contributed by atoms with van der Waals surface area (Å²) in [6.07, 6.45) is 2.04. The van der Waals surface area contributed by atoms with Crippen molar-refractivity contribution in [3.8, 4) is 0 Å². The van der Waals surface area contributed by atoms with Crippen molar-refractivity contribution < 1.29 is 4.39 Å². The summed E-state index contributed by atoms with van der Waals surface area (Å²) < 4.78 is 14.2. The molecule has 2 aromatic carbocycles. The lowest BCUT2D eigenvalue weighted by Crippen LogP contribution is -2.34. The molecular formula is C16H13BrCl2FN.